The average molecular weight is 403 g/mol. The van der Waals surface area contributed by atoms with E-state index in [0.717, 1.165) is 16.0 Å². The number of anilines is 1. The Hall–Kier alpha value is -4.00. The summed E-state index contributed by atoms with van der Waals surface area (Å²) in [5.74, 6) is -1.84. The molecule has 0 saturated carbocycles. The number of barbiturate groups is 1. The summed E-state index contributed by atoms with van der Waals surface area (Å²) in [6.45, 7) is 3.72. The molecule has 1 saturated heterocycles. The van der Waals surface area contributed by atoms with Gasteiger partial charge in [0.25, 0.3) is 11.8 Å². The highest BCUT2D eigenvalue weighted by Gasteiger charge is 2.37. The smallest absolute Gasteiger partial charge is 0.317 e. The number of hydrogen-bond donors (Lipinski definition) is 1. The van der Waals surface area contributed by atoms with Gasteiger partial charge >= 0.3 is 6.03 Å². The van der Waals surface area contributed by atoms with E-state index in [1.807, 2.05) is 19.9 Å². The first-order valence-corrected chi connectivity index (χ1v) is 9.26. The molecule has 1 aromatic heterocycles. The van der Waals surface area contributed by atoms with Crippen molar-refractivity contribution in [1.29, 1.82) is 0 Å². The van der Waals surface area contributed by atoms with Crippen LogP contribution in [0, 0.1) is 19.7 Å². The van der Waals surface area contributed by atoms with Crippen LogP contribution in [0.1, 0.15) is 16.8 Å². The molecule has 2 aromatic carbocycles. The molecule has 1 N–H and O–H groups in total. The summed E-state index contributed by atoms with van der Waals surface area (Å²) in [5, 5.41) is 2.23. The van der Waals surface area contributed by atoms with Crippen molar-refractivity contribution in [1.82, 2.24) is 9.88 Å². The Bertz CT molecular complexity index is 1190. The molecule has 0 radical (unpaired) electrons. The molecule has 2 heterocycles. The number of rotatable bonds is 3. The van der Waals surface area contributed by atoms with Crippen LogP contribution in [0.25, 0.3) is 11.8 Å². The summed E-state index contributed by atoms with van der Waals surface area (Å²) in [6.07, 6.45) is 3.15. The molecular formula is C23H18FN3O3. The van der Waals surface area contributed by atoms with Crippen LogP contribution in [0.5, 0.6) is 0 Å². The summed E-state index contributed by atoms with van der Waals surface area (Å²) < 4.78 is 15.0. The monoisotopic (exact) mass is 403 g/mol. The van der Waals surface area contributed by atoms with E-state index in [9.17, 15) is 18.8 Å². The van der Waals surface area contributed by atoms with Crippen LogP contribution in [0.3, 0.4) is 0 Å². The van der Waals surface area contributed by atoms with E-state index in [1.165, 1.54) is 18.2 Å². The molecule has 0 aliphatic carbocycles. The molecule has 1 aliphatic heterocycles. The maximum absolute atomic E-state index is 13.2. The highest BCUT2D eigenvalue weighted by molar-refractivity contribution is 6.39. The Balaban J connectivity index is 1.76. The molecule has 30 heavy (non-hydrogen) atoms. The zero-order chi connectivity index (χ0) is 21.4. The molecule has 1 aliphatic rings. The van der Waals surface area contributed by atoms with Crippen molar-refractivity contribution in [2.24, 2.45) is 0 Å². The summed E-state index contributed by atoms with van der Waals surface area (Å²) in [7, 11) is 0. The summed E-state index contributed by atoms with van der Waals surface area (Å²) in [6, 6.07) is 13.8. The topological polar surface area (TPSA) is 71.4 Å². The molecule has 150 valence electrons. The minimum absolute atomic E-state index is 0.171. The van der Waals surface area contributed by atoms with Crippen LogP contribution in [0.2, 0.25) is 0 Å². The number of nitrogens with one attached hydrogen (secondary N) is 1. The quantitative estimate of drug-likeness (QED) is 0.533. The second-order valence-electron chi connectivity index (χ2n) is 7.08. The van der Waals surface area contributed by atoms with Crippen molar-refractivity contribution in [2.75, 3.05) is 4.90 Å². The first kappa shape index (κ1) is 19.3. The fourth-order valence-corrected chi connectivity index (χ4v) is 3.47. The fraction of sp³-hybridized carbons (Fsp3) is 0.0870. The Kier molecular flexibility index (Phi) is 4.79. The minimum atomic E-state index is -0.791. The molecule has 4 amide bonds. The molecule has 7 heteroatoms. The number of urea groups is 1. The number of hydrogen-bond acceptors (Lipinski definition) is 3. The van der Waals surface area contributed by atoms with Crippen LogP contribution in [-0.2, 0) is 9.59 Å². The molecule has 4 rings (SSSR count). The maximum atomic E-state index is 13.2. The van der Waals surface area contributed by atoms with Crippen molar-refractivity contribution in [3.8, 4) is 5.69 Å². The Morgan fingerprint density at radius 1 is 0.900 bits per heavy atom. The highest BCUT2D eigenvalue weighted by atomic mass is 19.1. The van der Waals surface area contributed by atoms with Gasteiger partial charge in [0, 0.05) is 17.6 Å². The minimum Gasteiger partial charge on any atom is -0.317 e. The van der Waals surface area contributed by atoms with Crippen LogP contribution < -0.4 is 10.2 Å². The van der Waals surface area contributed by atoms with Gasteiger partial charge in [-0.05, 0) is 79.6 Å². The number of halogens is 1. The van der Waals surface area contributed by atoms with Gasteiger partial charge in [0.1, 0.15) is 11.4 Å². The van der Waals surface area contributed by atoms with E-state index in [0.29, 0.717) is 17.1 Å². The summed E-state index contributed by atoms with van der Waals surface area (Å²) in [5.41, 5.74) is 3.20. The van der Waals surface area contributed by atoms with Gasteiger partial charge < -0.3 is 4.57 Å². The van der Waals surface area contributed by atoms with Gasteiger partial charge in [-0.2, -0.15) is 0 Å². The van der Waals surface area contributed by atoms with E-state index < -0.39 is 17.8 Å². The standard InChI is InChI=1S/C23H18FN3O3/c1-14-10-15(2)12-19(11-14)27-22(29)20(21(28)25-23(27)30)13-18-4-3-9-26(18)17-7-5-16(24)6-8-17/h3-13H,1-2H3,(H,25,28,30)/b20-13+. The zero-order valence-corrected chi connectivity index (χ0v) is 16.3. The molecule has 0 unspecified atom stereocenters. The lowest BCUT2D eigenvalue weighted by Crippen LogP contribution is -2.54. The van der Waals surface area contributed by atoms with E-state index >= 15 is 0 Å². The number of imide groups is 2. The fourth-order valence-electron chi connectivity index (χ4n) is 3.47. The third-order valence-electron chi connectivity index (χ3n) is 4.74. The number of carbonyl (C=O) groups excluding carboxylic acids is 3. The predicted octanol–water partition coefficient (Wildman–Crippen LogP) is 3.90. The zero-order valence-electron chi connectivity index (χ0n) is 16.3. The van der Waals surface area contributed by atoms with Gasteiger partial charge in [-0.1, -0.05) is 6.07 Å². The van der Waals surface area contributed by atoms with E-state index in [1.54, 1.807) is 47.2 Å². The third kappa shape index (κ3) is 3.53. The van der Waals surface area contributed by atoms with Crippen molar-refractivity contribution < 1.29 is 18.8 Å². The molecule has 6 nitrogen and oxygen atoms in total. The molecule has 1 fully saturated rings. The Morgan fingerprint density at radius 2 is 1.57 bits per heavy atom. The van der Waals surface area contributed by atoms with Gasteiger partial charge in [-0.15, -0.1) is 0 Å². The van der Waals surface area contributed by atoms with Gasteiger partial charge in [0.05, 0.1) is 5.69 Å². The number of nitrogens with zero attached hydrogens (tertiary/aromatic N) is 2. The first-order chi connectivity index (χ1) is 14.3. The average Bonchev–Trinajstić information content (AvgIpc) is 3.13. The van der Waals surface area contributed by atoms with Gasteiger partial charge in [-0.3, -0.25) is 14.9 Å². The van der Waals surface area contributed by atoms with Gasteiger partial charge in [0.15, 0.2) is 0 Å². The molecule has 0 spiro atoms. The number of aryl methyl sites for hydroxylation is 2. The van der Waals surface area contributed by atoms with Crippen molar-refractivity contribution >= 4 is 29.6 Å². The predicted molar refractivity (Wildman–Crippen MR) is 111 cm³/mol. The van der Waals surface area contributed by atoms with Crippen LogP contribution in [-0.4, -0.2) is 22.4 Å². The number of carbonyl (C=O) groups is 3. The number of amides is 4. The lowest BCUT2D eigenvalue weighted by molar-refractivity contribution is -0.122. The van der Waals surface area contributed by atoms with Gasteiger partial charge in [0.2, 0.25) is 0 Å². The Labute approximate surface area is 172 Å². The molecular weight excluding hydrogens is 385 g/mol. The third-order valence-corrected chi connectivity index (χ3v) is 4.74. The number of benzene rings is 2. The second-order valence-corrected chi connectivity index (χ2v) is 7.08. The maximum Gasteiger partial charge on any atom is 0.335 e. The van der Waals surface area contributed by atoms with Gasteiger partial charge in [-0.25, -0.2) is 14.1 Å². The summed E-state index contributed by atoms with van der Waals surface area (Å²) >= 11 is 0. The normalized spacial score (nSPS) is 15.6. The molecule has 3 aromatic rings. The molecule has 0 bridgehead atoms. The van der Waals surface area contributed by atoms with E-state index in [4.69, 9.17) is 0 Å². The first-order valence-electron chi connectivity index (χ1n) is 9.26. The second kappa shape index (κ2) is 7.44. The van der Waals surface area contributed by atoms with Crippen molar-refractivity contribution in [2.45, 2.75) is 13.8 Å². The van der Waals surface area contributed by atoms with Crippen LogP contribution in [0.15, 0.2) is 66.4 Å². The van der Waals surface area contributed by atoms with Crippen molar-refractivity contribution in [3.63, 3.8) is 0 Å². The lowest BCUT2D eigenvalue weighted by atomic mass is 10.1. The number of aromatic nitrogens is 1. The highest BCUT2D eigenvalue weighted by Crippen LogP contribution is 2.25. The van der Waals surface area contributed by atoms with Crippen LogP contribution in [0.4, 0.5) is 14.9 Å². The Morgan fingerprint density at radius 3 is 2.23 bits per heavy atom. The van der Waals surface area contributed by atoms with E-state index in [-0.39, 0.29) is 11.4 Å². The SMILES string of the molecule is Cc1cc(C)cc(N2C(=O)NC(=O)/C(=C\c3cccn3-c3ccc(F)cc3)C2=O)c1. The largest absolute Gasteiger partial charge is 0.335 e. The molecule has 0 atom stereocenters. The van der Waals surface area contributed by atoms with E-state index in [2.05, 4.69) is 5.32 Å². The van der Waals surface area contributed by atoms with Crippen LogP contribution >= 0.6 is 0 Å². The summed E-state index contributed by atoms with van der Waals surface area (Å²) in [4.78, 5) is 38.9. The lowest BCUT2D eigenvalue weighted by Gasteiger charge is -2.27. The van der Waals surface area contributed by atoms with Crippen molar-refractivity contribution in [3.05, 3.63) is 89.0 Å².